The van der Waals surface area contributed by atoms with Gasteiger partial charge in [-0.1, -0.05) is 42.5 Å². The summed E-state index contributed by atoms with van der Waals surface area (Å²) in [5, 5.41) is 11.5. The molecule has 0 saturated heterocycles. The second kappa shape index (κ2) is 11.6. The van der Waals surface area contributed by atoms with Gasteiger partial charge in [0.2, 0.25) is 11.8 Å². The highest BCUT2D eigenvalue weighted by molar-refractivity contribution is 6.02. The number of ether oxygens (including phenoxy) is 2. The van der Waals surface area contributed by atoms with Gasteiger partial charge in [-0.25, -0.2) is 4.68 Å². The number of nitrogens with one attached hydrogen (secondary N) is 1. The molecule has 4 rings (SSSR count). The number of hydrogen-bond donors (Lipinski definition) is 1. The zero-order valence-corrected chi connectivity index (χ0v) is 23.3. The number of aryl methyl sites for hydroxylation is 1. The van der Waals surface area contributed by atoms with E-state index in [4.69, 9.17) is 9.47 Å². The van der Waals surface area contributed by atoms with E-state index in [0.29, 0.717) is 34.7 Å². The molecule has 0 aliphatic carbocycles. The van der Waals surface area contributed by atoms with E-state index in [0.717, 1.165) is 11.1 Å². The summed E-state index contributed by atoms with van der Waals surface area (Å²) >= 11 is 0. The average Bonchev–Trinajstić information content (AvgIpc) is 3.32. The Bertz CT molecular complexity index is 1450. The van der Waals surface area contributed by atoms with E-state index < -0.39 is 11.6 Å². The molecule has 9 heteroatoms. The number of rotatable bonds is 9. The molecule has 0 saturated carbocycles. The molecule has 204 valence electrons. The SMILES string of the molecule is CCc1ccccc1N(C(=O)Cn1nnc2ccccc21)C(C(=O)NC(C)(C)C)c1cc(OC)cc(OC)c1. The molecular weight excluding hydrogens is 494 g/mol. The lowest BCUT2D eigenvalue weighted by Gasteiger charge is -2.35. The third-order valence-electron chi connectivity index (χ3n) is 6.30. The molecule has 1 N–H and O–H groups in total. The molecule has 3 aromatic carbocycles. The molecule has 1 aromatic heterocycles. The third-order valence-corrected chi connectivity index (χ3v) is 6.30. The Balaban J connectivity index is 1.91. The number of benzene rings is 3. The van der Waals surface area contributed by atoms with Gasteiger partial charge in [-0.15, -0.1) is 5.10 Å². The molecule has 0 aliphatic heterocycles. The molecule has 0 radical (unpaired) electrons. The van der Waals surface area contributed by atoms with Crippen LogP contribution in [0.25, 0.3) is 11.0 Å². The largest absolute Gasteiger partial charge is 0.497 e. The highest BCUT2D eigenvalue weighted by Gasteiger charge is 2.36. The molecule has 1 unspecified atom stereocenters. The van der Waals surface area contributed by atoms with Crippen molar-refractivity contribution in [2.45, 2.75) is 52.2 Å². The fourth-order valence-corrected chi connectivity index (χ4v) is 4.54. The van der Waals surface area contributed by atoms with Gasteiger partial charge in [-0.3, -0.25) is 14.5 Å². The summed E-state index contributed by atoms with van der Waals surface area (Å²) in [6.07, 6.45) is 0.668. The minimum Gasteiger partial charge on any atom is -0.497 e. The van der Waals surface area contributed by atoms with Gasteiger partial charge in [0.15, 0.2) is 0 Å². The Kier molecular flexibility index (Phi) is 8.18. The van der Waals surface area contributed by atoms with Gasteiger partial charge in [0.05, 0.1) is 19.7 Å². The fourth-order valence-electron chi connectivity index (χ4n) is 4.54. The van der Waals surface area contributed by atoms with Gasteiger partial charge in [-0.05, 0) is 68.7 Å². The van der Waals surface area contributed by atoms with Crippen molar-refractivity contribution < 1.29 is 19.1 Å². The fraction of sp³-hybridized carbons (Fsp3) is 0.333. The van der Waals surface area contributed by atoms with Gasteiger partial charge in [0.25, 0.3) is 0 Å². The Hall–Kier alpha value is -4.40. The Labute approximate surface area is 228 Å². The number of methoxy groups -OCH3 is 2. The first-order valence-corrected chi connectivity index (χ1v) is 12.9. The number of amides is 2. The maximum atomic E-state index is 14.3. The van der Waals surface area contributed by atoms with E-state index in [1.807, 2.05) is 76.2 Å². The molecule has 2 amide bonds. The summed E-state index contributed by atoms with van der Waals surface area (Å²) in [4.78, 5) is 29.9. The predicted octanol–water partition coefficient (Wildman–Crippen LogP) is 4.70. The van der Waals surface area contributed by atoms with Crippen molar-refractivity contribution in [2.24, 2.45) is 0 Å². The summed E-state index contributed by atoms with van der Waals surface area (Å²) < 4.78 is 12.6. The smallest absolute Gasteiger partial charge is 0.249 e. The average molecular weight is 530 g/mol. The number of carbonyl (C=O) groups is 2. The van der Waals surface area contributed by atoms with Crippen molar-refractivity contribution in [1.29, 1.82) is 0 Å². The summed E-state index contributed by atoms with van der Waals surface area (Å²) in [5.74, 6) is 0.371. The Morgan fingerprint density at radius 3 is 2.26 bits per heavy atom. The summed E-state index contributed by atoms with van der Waals surface area (Å²) in [7, 11) is 3.10. The zero-order chi connectivity index (χ0) is 28.2. The van der Waals surface area contributed by atoms with E-state index in [2.05, 4.69) is 15.6 Å². The number of aromatic nitrogens is 3. The molecule has 0 spiro atoms. The summed E-state index contributed by atoms with van der Waals surface area (Å²) in [6, 6.07) is 19.3. The van der Waals surface area contributed by atoms with Gasteiger partial charge in [0.1, 0.15) is 29.6 Å². The van der Waals surface area contributed by atoms with Crippen LogP contribution in [-0.4, -0.2) is 46.6 Å². The van der Waals surface area contributed by atoms with Crippen molar-refractivity contribution in [2.75, 3.05) is 19.1 Å². The molecule has 4 aromatic rings. The predicted molar refractivity (Wildman–Crippen MR) is 151 cm³/mol. The molecule has 39 heavy (non-hydrogen) atoms. The molecule has 0 fully saturated rings. The quantitative estimate of drug-likeness (QED) is 0.338. The number of nitrogens with zero attached hydrogens (tertiary/aromatic N) is 4. The van der Waals surface area contributed by atoms with Crippen LogP contribution in [0.2, 0.25) is 0 Å². The third kappa shape index (κ3) is 6.19. The molecule has 1 atom stereocenters. The van der Waals surface area contributed by atoms with Crippen molar-refractivity contribution in [3.05, 3.63) is 77.9 Å². The lowest BCUT2D eigenvalue weighted by atomic mass is 9.98. The van der Waals surface area contributed by atoms with Crippen LogP contribution in [0.15, 0.2) is 66.7 Å². The van der Waals surface area contributed by atoms with E-state index in [1.165, 1.54) is 0 Å². The zero-order valence-electron chi connectivity index (χ0n) is 23.3. The van der Waals surface area contributed by atoms with Crippen LogP contribution in [0.1, 0.15) is 44.9 Å². The number of fused-ring (bicyclic) bond motifs is 1. The molecule has 9 nitrogen and oxygen atoms in total. The topological polar surface area (TPSA) is 98.6 Å². The van der Waals surface area contributed by atoms with Crippen LogP contribution in [0.5, 0.6) is 11.5 Å². The minimum absolute atomic E-state index is 0.112. The van der Waals surface area contributed by atoms with Gasteiger partial charge in [-0.2, -0.15) is 0 Å². The van der Waals surface area contributed by atoms with E-state index in [9.17, 15) is 9.59 Å². The van der Waals surface area contributed by atoms with Crippen molar-refractivity contribution in [3.63, 3.8) is 0 Å². The van der Waals surface area contributed by atoms with Crippen molar-refractivity contribution >= 4 is 28.5 Å². The van der Waals surface area contributed by atoms with E-state index >= 15 is 0 Å². The van der Waals surface area contributed by atoms with Crippen LogP contribution in [-0.2, 0) is 22.6 Å². The lowest BCUT2D eigenvalue weighted by molar-refractivity contribution is -0.128. The van der Waals surface area contributed by atoms with E-state index in [1.54, 1.807) is 42.0 Å². The molecule has 1 heterocycles. The van der Waals surface area contributed by atoms with Gasteiger partial charge >= 0.3 is 0 Å². The van der Waals surface area contributed by atoms with Crippen LogP contribution < -0.4 is 19.7 Å². The maximum Gasteiger partial charge on any atom is 0.249 e. The number of anilines is 1. The summed E-state index contributed by atoms with van der Waals surface area (Å²) in [6.45, 7) is 7.62. The Morgan fingerprint density at radius 1 is 0.974 bits per heavy atom. The van der Waals surface area contributed by atoms with Crippen LogP contribution in [0, 0.1) is 0 Å². The van der Waals surface area contributed by atoms with Gasteiger partial charge in [0, 0.05) is 17.3 Å². The Morgan fingerprint density at radius 2 is 1.62 bits per heavy atom. The monoisotopic (exact) mass is 529 g/mol. The van der Waals surface area contributed by atoms with Crippen molar-refractivity contribution in [3.8, 4) is 11.5 Å². The second-order valence-corrected chi connectivity index (χ2v) is 10.3. The van der Waals surface area contributed by atoms with Crippen LogP contribution in [0.3, 0.4) is 0 Å². The number of hydrogen-bond acceptors (Lipinski definition) is 6. The standard InChI is InChI=1S/C30H35N5O4/c1-7-20-12-8-10-14-25(20)35(27(36)19-34-26-15-11-9-13-24(26)32-33-34)28(29(37)31-30(2,3)4)21-16-22(38-5)18-23(17-21)39-6/h8-18,28H,7,19H2,1-6H3,(H,31,37). The van der Waals surface area contributed by atoms with Crippen LogP contribution in [0.4, 0.5) is 5.69 Å². The molecule has 0 bridgehead atoms. The first-order valence-electron chi connectivity index (χ1n) is 12.9. The second-order valence-electron chi connectivity index (χ2n) is 10.3. The van der Waals surface area contributed by atoms with Crippen LogP contribution >= 0.6 is 0 Å². The maximum absolute atomic E-state index is 14.3. The normalized spacial score (nSPS) is 12.2. The highest BCUT2D eigenvalue weighted by atomic mass is 16.5. The molecular formula is C30H35N5O4. The number of para-hydroxylation sites is 2. The summed E-state index contributed by atoms with van der Waals surface area (Å²) in [5.41, 5.74) is 3.00. The van der Waals surface area contributed by atoms with Gasteiger partial charge < -0.3 is 14.8 Å². The highest BCUT2D eigenvalue weighted by Crippen LogP contribution is 2.35. The number of carbonyl (C=O) groups excluding carboxylic acids is 2. The van der Waals surface area contributed by atoms with E-state index in [-0.39, 0.29) is 18.4 Å². The minimum atomic E-state index is -1.02. The first-order chi connectivity index (χ1) is 18.6. The first kappa shape index (κ1) is 27.6. The molecule has 0 aliphatic rings. The lowest BCUT2D eigenvalue weighted by Crippen LogP contribution is -2.50. The van der Waals surface area contributed by atoms with Crippen molar-refractivity contribution in [1.82, 2.24) is 20.3 Å².